The number of rotatable bonds is 4. The van der Waals surface area contributed by atoms with Crippen LogP contribution < -0.4 is 10.5 Å². The Hall–Kier alpha value is -2.83. The van der Waals surface area contributed by atoms with E-state index in [1.807, 2.05) is 42.5 Å². The van der Waals surface area contributed by atoms with Gasteiger partial charge in [0, 0.05) is 43.5 Å². The Kier molecular flexibility index (Phi) is 6.06. The average Bonchev–Trinajstić information content (AvgIpc) is 2.77. The Morgan fingerprint density at radius 1 is 0.933 bits per heavy atom. The molecule has 0 radical (unpaired) electrons. The summed E-state index contributed by atoms with van der Waals surface area (Å²) in [5, 5.41) is 1.03. The number of anilines is 1. The van der Waals surface area contributed by atoms with Crippen LogP contribution in [0.25, 0.3) is 11.3 Å². The van der Waals surface area contributed by atoms with E-state index in [1.54, 1.807) is 11.0 Å². The first-order valence-corrected chi connectivity index (χ1v) is 10.4. The Labute approximate surface area is 184 Å². The molecule has 2 heterocycles. The maximum absolute atomic E-state index is 12.7. The van der Waals surface area contributed by atoms with E-state index in [4.69, 9.17) is 23.2 Å². The Bertz CT molecular complexity index is 1110. The van der Waals surface area contributed by atoms with Gasteiger partial charge in [0.15, 0.2) is 0 Å². The van der Waals surface area contributed by atoms with E-state index in [9.17, 15) is 9.59 Å². The van der Waals surface area contributed by atoms with Gasteiger partial charge < -0.3 is 9.80 Å². The molecule has 1 amide bonds. The second-order valence-electron chi connectivity index (χ2n) is 7.07. The van der Waals surface area contributed by atoms with Gasteiger partial charge in [-0.2, -0.15) is 0 Å². The van der Waals surface area contributed by atoms with Crippen LogP contribution in [0.1, 0.15) is 0 Å². The third kappa shape index (κ3) is 4.50. The largest absolute Gasteiger partial charge is 0.368 e. The summed E-state index contributed by atoms with van der Waals surface area (Å²) < 4.78 is 1.35. The zero-order chi connectivity index (χ0) is 21.1. The highest BCUT2D eigenvalue weighted by Gasteiger charge is 2.22. The lowest BCUT2D eigenvalue weighted by molar-refractivity contribution is -0.132. The molecule has 6 nitrogen and oxygen atoms in total. The number of hydrogen-bond acceptors (Lipinski definition) is 4. The van der Waals surface area contributed by atoms with Crippen LogP contribution in [0.2, 0.25) is 10.0 Å². The minimum absolute atomic E-state index is 0.0202. The number of piperazine rings is 1. The van der Waals surface area contributed by atoms with E-state index in [-0.39, 0.29) is 18.0 Å². The van der Waals surface area contributed by atoms with Crippen molar-refractivity contribution in [2.45, 2.75) is 6.54 Å². The summed E-state index contributed by atoms with van der Waals surface area (Å²) in [6.07, 6.45) is 1.44. The predicted molar refractivity (Wildman–Crippen MR) is 119 cm³/mol. The van der Waals surface area contributed by atoms with Crippen LogP contribution in [0.15, 0.2) is 65.7 Å². The van der Waals surface area contributed by atoms with E-state index in [0.29, 0.717) is 41.9 Å². The van der Waals surface area contributed by atoms with Gasteiger partial charge in [0.2, 0.25) is 5.91 Å². The monoisotopic (exact) mass is 442 g/mol. The second kappa shape index (κ2) is 8.90. The summed E-state index contributed by atoms with van der Waals surface area (Å²) in [5.74, 6) is -0.0971. The molecule has 1 aliphatic rings. The standard InChI is InChI=1S/C22H20Cl2N4O2/c23-18-7-6-17(12-19(18)24)26-8-10-27(11-9-26)22(30)14-28-15-25-20(13-21(28)29)16-4-2-1-3-5-16/h1-7,12-13,15H,8-11,14H2. The van der Waals surface area contributed by atoms with Crippen LogP contribution in [0, 0.1) is 0 Å². The molecule has 1 fully saturated rings. The predicted octanol–water partition coefficient (Wildman–Crippen LogP) is 3.57. The van der Waals surface area contributed by atoms with Gasteiger partial charge >= 0.3 is 0 Å². The van der Waals surface area contributed by atoms with Gasteiger partial charge in [0.05, 0.1) is 22.1 Å². The molecule has 0 saturated carbocycles. The lowest BCUT2D eigenvalue weighted by Gasteiger charge is -2.36. The maximum atomic E-state index is 12.7. The zero-order valence-corrected chi connectivity index (χ0v) is 17.7. The molecule has 0 bridgehead atoms. The van der Waals surface area contributed by atoms with Crippen molar-refractivity contribution in [2.24, 2.45) is 0 Å². The van der Waals surface area contributed by atoms with Crippen molar-refractivity contribution in [1.82, 2.24) is 14.5 Å². The highest BCUT2D eigenvalue weighted by atomic mass is 35.5. The molecule has 8 heteroatoms. The number of carbonyl (C=O) groups is 1. The molecule has 0 aliphatic carbocycles. The number of benzene rings is 2. The van der Waals surface area contributed by atoms with E-state index in [1.165, 1.54) is 17.0 Å². The van der Waals surface area contributed by atoms with Gasteiger partial charge in [0.25, 0.3) is 5.56 Å². The SMILES string of the molecule is O=C(Cn1cnc(-c2ccccc2)cc1=O)N1CCN(c2ccc(Cl)c(Cl)c2)CC1. The number of carbonyl (C=O) groups excluding carboxylic acids is 1. The van der Waals surface area contributed by atoms with Crippen molar-refractivity contribution in [2.75, 3.05) is 31.1 Å². The van der Waals surface area contributed by atoms with Crippen molar-refractivity contribution in [3.63, 3.8) is 0 Å². The molecule has 2 aromatic carbocycles. The number of amides is 1. The molecule has 1 aromatic heterocycles. The summed E-state index contributed by atoms with van der Waals surface area (Å²) in [5.41, 5.74) is 2.20. The minimum Gasteiger partial charge on any atom is -0.368 e. The summed E-state index contributed by atoms with van der Waals surface area (Å²) in [6, 6.07) is 16.5. The van der Waals surface area contributed by atoms with Crippen molar-refractivity contribution >= 4 is 34.8 Å². The van der Waals surface area contributed by atoms with Gasteiger partial charge in [0.1, 0.15) is 6.54 Å². The molecule has 154 valence electrons. The zero-order valence-electron chi connectivity index (χ0n) is 16.2. The number of aromatic nitrogens is 2. The fourth-order valence-corrected chi connectivity index (χ4v) is 3.75. The molecule has 0 spiro atoms. The molecule has 30 heavy (non-hydrogen) atoms. The summed E-state index contributed by atoms with van der Waals surface area (Å²) >= 11 is 12.1. The minimum atomic E-state index is -0.244. The van der Waals surface area contributed by atoms with E-state index < -0.39 is 0 Å². The second-order valence-corrected chi connectivity index (χ2v) is 7.89. The number of hydrogen-bond donors (Lipinski definition) is 0. The normalized spacial score (nSPS) is 14.1. The molecular formula is C22H20Cl2N4O2. The molecule has 4 rings (SSSR count). The van der Waals surface area contributed by atoms with Crippen molar-refractivity contribution in [1.29, 1.82) is 0 Å². The first kappa shape index (κ1) is 20.4. The molecule has 1 saturated heterocycles. The summed E-state index contributed by atoms with van der Waals surface area (Å²) in [7, 11) is 0. The summed E-state index contributed by atoms with van der Waals surface area (Å²) in [4.78, 5) is 33.4. The van der Waals surface area contributed by atoms with Crippen LogP contribution in [0.5, 0.6) is 0 Å². The number of halogens is 2. The maximum Gasteiger partial charge on any atom is 0.254 e. The molecule has 1 aliphatic heterocycles. The molecular weight excluding hydrogens is 423 g/mol. The van der Waals surface area contributed by atoms with Gasteiger partial charge in [-0.25, -0.2) is 4.98 Å². The van der Waals surface area contributed by atoms with Crippen molar-refractivity contribution in [3.8, 4) is 11.3 Å². The van der Waals surface area contributed by atoms with Crippen molar-refractivity contribution in [3.05, 3.63) is 81.3 Å². The first-order chi connectivity index (χ1) is 14.5. The van der Waals surface area contributed by atoms with Gasteiger partial charge in [-0.3, -0.25) is 14.2 Å². The van der Waals surface area contributed by atoms with Gasteiger partial charge in [-0.15, -0.1) is 0 Å². The molecule has 0 unspecified atom stereocenters. The van der Waals surface area contributed by atoms with E-state index in [0.717, 1.165) is 11.3 Å². The lowest BCUT2D eigenvalue weighted by Crippen LogP contribution is -2.50. The van der Waals surface area contributed by atoms with Crippen LogP contribution in [-0.2, 0) is 11.3 Å². The van der Waals surface area contributed by atoms with Crippen molar-refractivity contribution < 1.29 is 4.79 Å². The first-order valence-electron chi connectivity index (χ1n) is 9.61. The fourth-order valence-electron chi connectivity index (χ4n) is 3.45. The smallest absolute Gasteiger partial charge is 0.254 e. The topological polar surface area (TPSA) is 58.4 Å². The molecule has 3 aromatic rings. The third-order valence-corrected chi connectivity index (χ3v) is 5.89. The van der Waals surface area contributed by atoms with Gasteiger partial charge in [-0.05, 0) is 18.2 Å². The molecule has 0 atom stereocenters. The average molecular weight is 443 g/mol. The Morgan fingerprint density at radius 3 is 2.33 bits per heavy atom. The number of nitrogens with zero attached hydrogens (tertiary/aromatic N) is 4. The van der Waals surface area contributed by atoms with E-state index >= 15 is 0 Å². The van der Waals surface area contributed by atoms with Crippen LogP contribution in [0.4, 0.5) is 5.69 Å². The van der Waals surface area contributed by atoms with Crippen LogP contribution in [-0.4, -0.2) is 46.5 Å². The highest BCUT2D eigenvalue weighted by Crippen LogP contribution is 2.27. The summed E-state index contributed by atoms with van der Waals surface area (Å²) in [6.45, 7) is 2.49. The fraction of sp³-hybridized carbons (Fsp3) is 0.227. The molecule has 0 N–H and O–H groups in total. The third-order valence-electron chi connectivity index (χ3n) is 5.16. The quantitative estimate of drug-likeness (QED) is 0.619. The van der Waals surface area contributed by atoms with Crippen LogP contribution >= 0.6 is 23.2 Å². The van der Waals surface area contributed by atoms with Crippen LogP contribution in [0.3, 0.4) is 0 Å². The highest BCUT2D eigenvalue weighted by molar-refractivity contribution is 6.42. The Balaban J connectivity index is 1.38. The lowest BCUT2D eigenvalue weighted by atomic mass is 10.1. The van der Waals surface area contributed by atoms with Gasteiger partial charge in [-0.1, -0.05) is 53.5 Å². The Morgan fingerprint density at radius 2 is 1.67 bits per heavy atom. The van der Waals surface area contributed by atoms with E-state index in [2.05, 4.69) is 9.88 Å².